The first-order valence-electron chi connectivity index (χ1n) is 7.47. The zero-order valence-electron chi connectivity index (χ0n) is 12.7. The lowest BCUT2D eigenvalue weighted by molar-refractivity contribution is -0.384. The fourth-order valence-electron chi connectivity index (χ4n) is 2.82. The van der Waals surface area contributed by atoms with Crippen LogP contribution in [-0.4, -0.2) is 16.7 Å². The number of non-ortho nitro benzene ring substituents is 1. The molecule has 0 fully saturated rings. The summed E-state index contributed by atoms with van der Waals surface area (Å²) in [6, 6.07) is 5.29. The number of thiophene rings is 1. The molecule has 0 spiro atoms. The van der Waals surface area contributed by atoms with Crippen LogP contribution >= 0.6 is 11.3 Å². The van der Waals surface area contributed by atoms with Crippen LogP contribution in [0.4, 0.5) is 10.7 Å². The van der Waals surface area contributed by atoms with Crippen molar-refractivity contribution >= 4 is 33.8 Å². The van der Waals surface area contributed by atoms with Gasteiger partial charge in [-0.1, -0.05) is 0 Å². The second-order valence-electron chi connectivity index (χ2n) is 5.54. The largest absolute Gasteiger partial charge is 0.365 e. The molecular formula is C16H15N3O4S. The Kier molecular flexibility index (Phi) is 4.30. The fourth-order valence-corrected chi connectivity index (χ4v) is 4.11. The van der Waals surface area contributed by atoms with Gasteiger partial charge in [0.25, 0.3) is 17.5 Å². The second kappa shape index (κ2) is 6.40. The summed E-state index contributed by atoms with van der Waals surface area (Å²) in [4.78, 5) is 35.4. The first-order chi connectivity index (χ1) is 11.5. The van der Waals surface area contributed by atoms with Gasteiger partial charge in [0.15, 0.2) is 0 Å². The molecule has 1 aromatic heterocycles. The smallest absolute Gasteiger partial charge is 0.269 e. The minimum absolute atomic E-state index is 0.0871. The summed E-state index contributed by atoms with van der Waals surface area (Å²) >= 11 is 1.38. The molecule has 0 radical (unpaired) electrons. The number of carbonyl (C=O) groups excluding carboxylic acids is 2. The highest BCUT2D eigenvalue weighted by Gasteiger charge is 2.25. The summed E-state index contributed by atoms with van der Waals surface area (Å²) in [6.07, 6.45) is 3.73. The van der Waals surface area contributed by atoms with Gasteiger partial charge < -0.3 is 11.1 Å². The molecule has 0 saturated carbocycles. The van der Waals surface area contributed by atoms with E-state index in [9.17, 15) is 19.7 Å². The number of rotatable bonds is 4. The van der Waals surface area contributed by atoms with E-state index in [0.29, 0.717) is 10.6 Å². The Hall–Kier alpha value is -2.74. The second-order valence-corrected chi connectivity index (χ2v) is 6.64. The third-order valence-corrected chi connectivity index (χ3v) is 5.19. The van der Waals surface area contributed by atoms with Crippen LogP contribution in [0.25, 0.3) is 0 Å². The highest BCUT2D eigenvalue weighted by atomic mass is 32.1. The number of anilines is 1. The van der Waals surface area contributed by atoms with Crippen molar-refractivity contribution in [2.45, 2.75) is 25.7 Å². The number of nitrogens with one attached hydrogen (secondary N) is 1. The molecule has 0 bridgehead atoms. The first kappa shape index (κ1) is 16.1. The van der Waals surface area contributed by atoms with Gasteiger partial charge in [0.2, 0.25) is 0 Å². The lowest BCUT2D eigenvalue weighted by atomic mass is 9.95. The number of carbonyl (C=O) groups is 2. The molecule has 3 rings (SSSR count). The number of hydrogen-bond acceptors (Lipinski definition) is 5. The Morgan fingerprint density at radius 1 is 1.17 bits per heavy atom. The first-order valence-corrected chi connectivity index (χ1v) is 8.29. The highest BCUT2D eigenvalue weighted by molar-refractivity contribution is 7.17. The highest BCUT2D eigenvalue weighted by Crippen LogP contribution is 2.38. The van der Waals surface area contributed by atoms with Gasteiger partial charge in [0.1, 0.15) is 5.00 Å². The number of aryl methyl sites for hydroxylation is 1. The van der Waals surface area contributed by atoms with Gasteiger partial charge in [0, 0.05) is 22.6 Å². The average Bonchev–Trinajstić information content (AvgIpc) is 2.92. The lowest BCUT2D eigenvalue weighted by Crippen LogP contribution is -2.18. The molecule has 1 aliphatic carbocycles. The van der Waals surface area contributed by atoms with Gasteiger partial charge in [-0.2, -0.15) is 0 Å². The predicted molar refractivity (Wildman–Crippen MR) is 90.5 cm³/mol. The normalized spacial score (nSPS) is 13.2. The van der Waals surface area contributed by atoms with E-state index in [1.165, 1.54) is 35.6 Å². The van der Waals surface area contributed by atoms with Gasteiger partial charge >= 0.3 is 0 Å². The third kappa shape index (κ3) is 3.00. The summed E-state index contributed by atoms with van der Waals surface area (Å²) in [6.45, 7) is 0. The number of primary amides is 1. The van der Waals surface area contributed by atoms with E-state index in [0.717, 1.165) is 36.1 Å². The van der Waals surface area contributed by atoms with Gasteiger partial charge in [0.05, 0.1) is 10.5 Å². The van der Waals surface area contributed by atoms with E-state index in [-0.39, 0.29) is 11.3 Å². The van der Waals surface area contributed by atoms with Crippen LogP contribution in [0.1, 0.15) is 44.0 Å². The molecule has 24 heavy (non-hydrogen) atoms. The maximum atomic E-state index is 12.4. The Balaban J connectivity index is 1.87. The van der Waals surface area contributed by atoms with Crippen LogP contribution in [0.15, 0.2) is 24.3 Å². The molecule has 2 aromatic rings. The van der Waals surface area contributed by atoms with E-state index in [2.05, 4.69) is 5.32 Å². The monoisotopic (exact) mass is 345 g/mol. The summed E-state index contributed by atoms with van der Waals surface area (Å²) in [5.74, 6) is -0.973. The Bertz CT molecular complexity index is 827. The van der Waals surface area contributed by atoms with Crippen molar-refractivity contribution in [1.82, 2.24) is 0 Å². The summed E-state index contributed by atoms with van der Waals surface area (Å²) in [5, 5.41) is 13.8. The van der Waals surface area contributed by atoms with Crippen LogP contribution in [0.5, 0.6) is 0 Å². The molecule has 0 unspecified atom stereocenters. The van der Waals surface area contributed by atoms with Gasteiger partial charge in [-0.25, -0.2) is 0 Å². The molecule has 3 N–H and O–H groups in total. The van der Waals surface area contributed by atoms with Crippen molar-refractivity contribution < 1.29 is 14.5 Å². The Morgan fingerprint density at radius 2 is 1.83 bits per heavy atom. The number of hydrogen-bond donors (Lipinski definition) is 2. The summed E-state index contributed by atoms with van der Waals surface area (Å²) in [5.41, 5.74) is 7.02. The average molecular weight is 345 g/mol. The maximum Gasteiger partial charge on any atom is 0.269 e. The van der Waals surface area contributed by atoms with Crippen molar-refractivity contribution in [2.75, 3.05) is 5.32 Å². The fraction of sp³-hybridized carbons (Fsp3) is 0.250. The standard InChI is InChI=1S/C16H15N3O4S/c17-14(20)13-11-3-1-2-4-12(11)24-16(13)18-15(21)9-5-7-10(8-6-9)19(22)23/h5-8H,1-4H2,(H2,17,20)(H,18,21). The van der Waals surface area contributed by atoms with E-state index in [4.69, 9.17) is 5.73 Å². The minimum atomic E-state index is -0.548. The Labute approximate surface area is 141 Å². The maximum absolute atomic E-state index is 12.4. The molecule has 7 nitrogen and oxygen atoms in total. The van der Waals surface area contributed by atoms with Crippen molar-refractivity contribution in [3.63, 3.8) is 0 Å². The quantitative estimate of drug-likeness (QED) is 0.654. The number of nitrogens with zero attached hydrogens (tertiary/aromatic N) is 1. The lowest BCUT2D eigenvalue weighted by Gasteiger charge is -2.11. The number of nitrogens with two attached hydrogens (primary N) is 1. The zero-order chi connectivity index (χ0) is 17.3. The summed E-state index contributed by atoms with van der Waals surface area (Å²) < 4.78 is 0. The molecule has 124 valence electrons. The number of fused-ring (bicyclic) bond motifs is 1. The van der Waals surface area contributed by atoms with Crippen LogP contribution in [0, 0.1) is 10.1 Å². The van der Waals surface area contributed by atoms with Crippen molar-refractivity contribution in [1.29, 1.82) is 0 Å². The van der Waals surface area contributed by atoms with E-state index in [1.807, 2.05) is 0 Å². The Morgan fingerprint density at radius 3 is 2.46 bits per heavy atom. The van der Waals surface area contributed by atoms with Gasteiger partial charge in [-0.3, -0.25) is 19.7 Å². The van der Waals surface area contributed by atoms with Crippen LogP contribution in [0.3, 0.4) is 0 Å². The van der Waals surface area contributed by atoms with E-state index < -0.39 is 16.7 Å². The van der Waals surface area contributed by atoms with Crippen LogP contribution in [-0.2, 0) is 12.8 Å². The molecule has 2 amide bonds. The molecule has 1 aliphatic rings. The van der Waals surface area contributed by atoms with E-state index >= 15 is 0 Å². The SMILES string of the molecule is NC(=O)c1c(NC(=O)c2ccc([N+](=O)[O-])cc2)sc2c1CCCC2. The molecular weight excluding hydrogens is 330 g/mol. The number of nitro benzene ring substituents is 1. The minimum Gasteiger partial charge on any atom is -0.365 e. The van der Waals surface area contributed by atoms with E-state index in [1.54, 1.807) is 0 Å². The van der Waals surface area contributed by atoms with Gasteiger partial charge in [-0.05, 0) is 43.4 Å². The summed E-state index contributed by atoms with van der Waals surface area (Å²) in [7, 11) is 0. The van der Waals surface area contributed by atoms with Crippen molar-refractivity contribution in [3.05, 3.63) is 55.9 Å². The molecule has 0 saturated heterocycles. The number of amides is 2. The van der Waals surface area contributed by atoms with Crippen LogP contribution in [0.2, 0.25) is 0 Å². The zero-order valence-corrected chi connectivity index (χ0v) is 13.5. The predicted octanol–water partition coefficient (Wildman–Crippen LogP) is 2.89. The molecule has 0 atom stereocenters. The molecule has 1 aromatic carbocycles. The van der Waals surface area contributed by atoms with Crippen molar-refractivity contribution in [2.24, 2.45) is 5.73 Å². The molecule has 0 aliphatic heterocycles. The van der Waals surface area contributed by atoms with Crippen LogP contribution < -0.4 is 11.1 Å². The third-order valence-electron chi connectivity index (χ3n) is 3.99. The molecule has 8 heteroatoms. The number of benzene rings is 1. The van der Waals surface area contributed by atoms with Crippen molar-refractivity contribution in [3.8, 4) is 0 Å². The van der Waals surface area contributed by atoms with Gasteiger partial charge in [-0.15, -0.1) is 11.3 Å². The topological polar surface area (TPSA) is 115 Å². The molecule has 1 heterocycles. The number of nitro groups is 1.